The number of amides is 1. The van der Waals surface area contributed by atoms with Crippen LogP contribution in [0, 0.1) is 5.82 Å². The Morgan fingerprint density at radius 3 is 2.62 bits per heavy atom. The Kier molecular flexibility index (Phi) is 4.95. The Hall–Kier alpha value is -1.89. The van der Waals surface area contributed by atoms with E-state index in [2.05, 4.69) is 36.4 Å². The number of anilines is 1. The van der Waals surface area contributed by atoms with E-state index in [0.717, 1.165) is 17.8 Å². The van der Waals surface area contributed by atoms with Gasteiger partial charge in [0.15, 0.2) is 0 Å². The Morgan fingerprint density at radius 1 is 1.24 bits per heavy atom. The van der Waals surface area contributed by atoms with Gasteiger partial charge in [0.2, 0.25) is 5.95 Å². The molecule has 110 valence electrons. The lowest BCUT2D eigenvalue weighted by atomic mass is 10.2. The van der Waals surface area contributed by atoms with Gasteiger partial charge in [-0.2, -0.15) is 0 Å². The smallest absolute Gasteiger partial charge is 0.261 e. The van der Waals surface area contributed by atoms with Crippen molar-refractivity contribution in [1.82, 2.24) is 15.2 Å². The van der Waals surface area contributed by atoms with Gasteiger partial charge in [-0.1, -0.05) is 29.8 Å². The molecule has 0 aliphatic carbocycles. The predicted molar refractivity (Wildman–Crippen MR) is 80.6 cm³/mol. The highest BCUT2D eigenvalue weighted by atomic mass is 79.9. The molecule has 0 unspecified atom stereocenters. The van der Waals surface area contributed by atoms with Crippen LogP contribution >= 0.6 is 15.9 Å². The molecule has 0 atom stereocenters. The molecule has 1 aromatic carbocycles. The number of rotatable bonds is 4. The van der Waals surface area contributed by atoms with Crippen molar-refractivity contribution in [3.63, 3.8) is 0 Å². The summed E-state index contributed by atoms with van der Waals surface area (Å²) in [5.41, 5.74) is 1.49. The second-order valence-electron chi connectivity index (χ2n) is 4.31. The number of aromatic nitrogens is 3. The van der Waals surface area contributed by atoms with E-state index >= 15 is 0 Å². The Labute approximate surface area is 130 Å². The number of nitrogens with zero attached hydrogens (tertiary/aromatic N) is 3. The molecule has 0 saturated carbocycles. The Morgan fingerprint density at radius 2 is 1.95 bits per heavy atom. The Bertz CT molecular complexity index is 678. The minimum atomic E-state index is -0.609. The molecular weight excluding hydrogens is 339 g/mol. The van der Waals surface area contributed by atoms with E-state index in [1.807, 2.05) is 13.8 Å². The van der Waals surface area contributed by atoms with Crippen LogP contribution in [-0.4, -0.2) is 21.1 Å². The summed E-state index contributed by atoms with van der Waals surface area (Å²) in [4.78, 5) is 16.3. The molecule has 0 aliphatic heterocycles. The lowest BCUT2D eigenvalue weighted by Gasteiger charge is -2.07. The summed E-state index contributed by atoms with van der Waals surface area (Å²) in [6.07, 6.45) is 1.41. The van der Waals surface area contributed by atoms with Crippen molar-refractivity contribution >= 4 is 27.8 Å². The van der Waals surface area contributed by atoms with Crippen molar-refractivity contribution < 1.29 is 9.18 Å². The predicted octanol–water partition coefficient (Wildman–Crippen LogP) is 3.15. The standard InChI is InChI=1S/C14H14BrFN4O/c1-3-11-12(4-2)19-20-14(17-11)18-13(21)9-7-8(15)5-6-10(9)16/h5-7H,3-4H2,1-2H3,(H,17,18,20,21). The average molecular weight is 353 g/mol. The van der Waals surface area contributed by atoms with Crippen LogP contribution in [0.1, 0.15) is 35.6 Å². The fraction of sp³-hybridized carbons (Fsp3) is 0.286. The number of hydrogen-bond donors (Lipinski definition) is 1. The van der Waals surface area contributed by atoms with Crippen LogP contribution in [0.2, 0.25) is 0 Å². The first-order valence-electron chi connectivity index (χ1n) is 6.54. The summed E-state index contributed by atoms with van der Waals surface area (Å²) < 4.78 is 14.3. The van der Waals surface area contributed by atoms with E-state index in [9.17, 15) is 9.18 Å². The first kappa shape index (κ1) is 15.5. The minimum absolute atomic E-state index is 0.0772. The number of hydrogen-bond acceptors (Lipinski definition) is 4. The largest absolute Gasteiger partial charge is 0.289 e. The molecule has 0 saturated heterocycles. The second-order valence-corrected chi connectivity index (χ2v) is 5.23. The van der Waals surface area contributed by atoms with Crippen molar-refractivity contribution in [1.29, 1.82) is 0 Å². The van der Waals surface area contributed by atoms with E-state index in [1.165, 1.54) is 18.2 Å². The van der Waals surface area contributed by atoms with Crippen molar-refractivity contribution in [2.75, 3.05) is 5.32 Å². The first-order chi connectivity index (χ1) is 10.0. The van der Waals surface area contributed by atoms with E-state index in [1.54, 1.807) is 0 Å². The van der Waals surface area contributed by atoms with Crippen LogP contribution in [0.15, 0.2) is 22.7 Å². The average Bonchev–Trinajstić information content (AvgIpc) is 2.49. The number of nitrogens with one attached hydrogen (secondary N) is 1. The molecule has 0 radical (unpaired) electrons. The molecule has 2 aromatic rings. The van der Waals surface area contributed by atoms with Crippen LogP contribution in [0.5, 0.6) is 0 Å². The molecule has 0 bridgehead atoms. The van der Waals surface area contributed by atoms with E-state index in [-0.39, 0.29) is 11.5 Å². The highest BCUT2D eigenvalue weighted by Crippen LogP contribution is 2.16. The van der Waals surface area contributed by atoms with E-state index in [0.29, 0.717) is 10.9 Å². The van der Waals surface area contributed by atoms with Gasteiger partial charge in [0.1, 0.15) is 5.82 Å². The molecule has 1 N–H and O–H groups in total. The van der Waals surface area contributed by atoms with Crippen molar-refractivity contribution in [2.45, 2.75) is 26.7 Å². The number of benzene rings is 1. The lowest BCUT2D eigenvalue weighted by molar-refractivity contribution is 0.102. The molecule has 0 aliphatic rings. The number of carbonyl (C=O) groups excluding carboxylic acids is 1. The highest BCUT2D eigenvalue weighted by Gasteiger charge is 2.15. The molecule has 1 aromatic heterocycles. The topological polar surface area (TPSA) is 67.8 Å². The monoisotopic (exact) mass is 352 g/mol. The fourth-order valence-corrected chi connectivity index (χ4v) is 2.19. The summed E-state index contributed by atoms with van der Waals surface area (Å²) in [5, 5.41) is 10.3. The summed E-state index contributed by atoms with van der Waals surface area (Å²) in [5.74, 6) is -1.14. The SMILES string of the molecule is CCc1nnc(NC(=O)c2cc(Br)ccc2F)nc1CC. The highest BCUT2D eigenvalue weighted by molar-refractivity contribution is 9.10. The molecular formula is C14H14BrFN4O. The van der Waals surface area contributed by atoms with Crippen LogP contribution in [-0.2, 0) is 12.8 Å². The molecule has 7 heteroatoms. The van der Waals surface area contributed by atoms with Crippen molar-refractivity contribution in [2.24, 2.45) is 0 Å². The Balaban J connectivity index is 2.25. The lowest BCUT2D eigenvalue weighted by Crippen LogP contribution is -2.17. The van der Waals surface area contributed by atoms with Gasteiger partial charge in [-0.15, -0.1) is 10.2 Å². The zero-order chi connectivity index (χ0) is 15.4. The quantitative estimate of drug-likeness (QED) is 0.917. The van der Waals surface area contributed by atoms with Gasteiger partial charge in [0, 0.05) is 4.47 Å². The second kappa shape index (κ2) is 6.71. The molecule has 1 heterocycles. The normalized spacial score (nSPS) is 10.5. The van der Waals surface area contributed by atoms with Gasteiger partial charge < -0.3 is 0 Å². The van der Waals surface area contributed by atoms with Crippen LogP contribution < -0.4 is 5.32 Å². The van der Waals surface area contributed by atoms with Gasteiger partial charge in [-0.3, -0.25) is 10.1 Å². The molecule has 21 heavy (non-hydrogen) atoms. The third-order valence-corrected chi connectivity index (χ3v) is 3.40. The third kappa shape index (κ3) is 3.60. The molecule has 5 nitrogen and oxygen atoms in total. The number of carbonyl (C=O) groups is 1. The fourth-order valence-electron chi connectivity index (χ4n) is 1.83. The van der Waals surface area contributed by atoms with Crippen LogP contribution in [0.3, 0.4) is 0 Å². The third-order valence-electron chi connectivity index (χ3n) is 2.91. The van der Waals surface area contributed by atoms with E-state index in [4.69, 9.17) is 0 Å². The number of halogens is 2. The minimum Gasteiger partial charge on any atom is -0.289 e. The maximum absolute atomic E-state index is 13.6. The van der Waals surface area contributed by atoms with Gasteiger partial charge in [0.25, 0.3) is 5.91 Å². The molecule has 0 fully saturated rings. The maximum Gasteiger partial charge on any atom is 0.261 e. The van der Waals surface area contributed by atoms with Gasteiger partial charge in [-0.25, -0.2) is 9.37 Å². The van der Waals surface area contributed by atoms with Gasteiger partial charge in [-0.05, 0) is 31.0 Å². The van der Waals surface area contributed by atoms with Crippen LogP contribution in [0.4, 0.5) is 10.3 Å². The maximum atomic E-state index is 13.6. The molecule has 0 spiro atoms. The summed E-state index contributed by atoms with van der Waals surface area (Å²) in [7, 11) is 0. The van der Waals surface area contributed by atoms with Crippen molar-refractivity contribution in [3.8, 4) is 0 Å². The molecule has 2 rings (SSSR count). The summed E-state index contributed by atoms with van der Waals surface area (Å²) >= 11 is 3.20. The van der Waals surface area contributed by atoms with Crippen LogP contribution in [0.25, 0.3) is 0 Å². The summed E-state index contributed by atoms with van der Waals surface area (Å²) in [6, 6.07) is 4.14. The zero-order valence-corrected chi connectivity index (χ0v) is 13.2. The first-order valence-corrected chi connectivity index (χ1v) is 7.33. The van der Waals surface area contributed by atoms with Crippen molar-refractivity contribution in [3.05, 3.63) is 45.4 Å². The molecule has 1 amide bonds. The van der Waals surface area contributed by atoms with Gasteiger partial charge >= 0.3 is 0 Å². The summed E-state index contributed by atoms with van der Waals surface area (Å²) in [6.45, 7) is 3.91. The van der Waals surface area contributed by atoms with E-state index < -0.39 is 11.7 Å². The zero-order valence-electron chi connectivity index (χ0n) is 11.7. The number of aryl methyl sites for hydroxylation is 2. The van der Waals surface area contributed by atoms with Gasteiger partial charge in [0.05, 0.1) is 17.0 Å².